The van der Waals surface area contributed by atoms with Crippen molar-refractivity contribution in [1.29, 1.82) is 0 Å². The van der Waals surface area contributed by atoms with Crippen molar-refractivity contribution < 1.29 is 37.0 Å². The summed E-state index contributed by atoms with van der Waals surface area (Å²) in [6, 6.07) is 0. The van der Waals surface area contributed by atoms with Crippen LogP contribution in [0.15, 0.2) is 12.4 Å². The van der Waals surface area contributed by atoms with Gasteiger partial charge in [-0.1, -0.05) is 11.6 Å². The molecule has 0 bridgehead atoms. The second-order valence-corrected chi connectivity index (χ2v) is 8.06. The zero-order valence-electron chi connectivity index (χ0n) is 18.4. The van der Waals surface area contributed by atoms with Crippen LogP contribution in [0.5, 0.6) is 0 Å². The number of aromatic nitrogens is 2. The van der Waals surface area contributed by atoms with Crippen LogP contribution in [0.1, 0.15) is 6.42 Å². The smallest absolute Gasteiger partial charge is 0.376 e. The van der Waals surface area contributed by atoms with Crippen LogP contribution in [0.25, 0.3) is 0 Å². The average molecular weight is 511 g/mol. The highest BCUT2D eigenvalue weighted by molar-refractivity contribution is 6.30. The summed E-state index contributed by atoms with van der Waals surface area (Å²) < 4.78 is 55.4. The van der Waals surface area contributed by atoms with Crippen molar-refractivity contribution in [2.75, 3.05) is 57.9 Å². The van der Waals surface area contributed by atoms with Crippen LogP contribution in [0, 0.1) is 5.92 Å². The third-order valence-electron chi connectivity index (χ3n) is 5.35. The minimum Gasteiger partial charge on any atom is -0.376 e. The van der Waals surface area contributed by atoms with E-state index in [0.29, 0.717) is 37.1 Å². The zero-order valence-corrected chi connectivity index (χ0v) is 19.1. The van der Waals surface area contributed by atoms with E-state index in [9.17, 15) is 22.8 Å². The van der Waals surface area contributed by atoms with Crippen molar-refractivity contribution in [3.8, 4) is 0 Å². The summed E-state index contributed by atoms with van der Waals surface area (Å²) in [5, 5.41) is 0.444. The maximum atomic E-state index is 13.2. The number of piperazine rings is 1. The lowest BCUT2D eigenvalue weighted by molar-refractivity contribution is -0.247. The Morgan fingerprint density at radius 2 is 1.94 bits per heavy atom. The molecule has 15 heteroatoms. The highest BCUT2D eigenvalue weighted by atomic mass is 35.5. The number of hydrazine groups is 1. The summed E-state index contributed by atoms with van der Waals surface area (Å²) in [5.74, 6) is -3.13. The lowest BCUT2D eigenvalue weighted by Gasteiger charge is -2.35. The number of carbonyl (C=O) groups excluding carboxylic acids is 2. The molecule has 190 valence electrons. The Hall–Kier alpha value is -2.26. The Bertz CT molecular complexity index is 826. The monoisotopic (exact) mass is 510 g/mol. The fraction of sp³-hybridized carbons (Fsp3) is 0.684. The quantitative estimate of drug-likeness (QED) is 0.358. The summed E-state index contributed by atoms with van der Waals surface area (Å²) in [4.78, 5) is 36.0. The van der Waals surface area contributed by atoms with Crippen molar-refractivity contribution in [2.45, 2.75) is 25.0 Å². The van der Waals surface area contributed by atoms with Gasteiger partial charge in [0.05, 0.1) is 43.2 Å². The molecule has 0 radical (unpaired) electrons. The molecule has 2 fully saturated rings. The van der Waals surface area contributed by atoms with Gasteiger partial charge in [0.15, 0.2) is 12.2 Å². The summed E-state index contributed by atoms with van der Waals surface area (Å²) in [6.07, 6.45) is -4.28. The van der Waals surface area contributed by atoms with Crippen LogP contribution in [0.2, 0.25) is 5.02 Å². The SMILES string of the molecule is CO[C@@H](COCCC(=O)N1CCN(c2ncc(Cl)cn2)CC1)OC1CNNC(=O)C1C(F)(F)F. The molecule has 34 heavy (non-hydrogen) atoms. The van der Waals surface area contributed by atoms with E-state index in [1.807, 2.05) is 10.3 Å². The van der Waals surface area contributed by atoms with E-state index in [1.165, 1.54) is 19.5 Å². The molecule has 0 aliphatic carbocycles. The number of nitrogens with one attached hydrogen (secondary N) is 2. The lowest BCUT2D eigenvalue weighted by atomic mass is 9.99. The van der Waals surface area contributed by atoms with E-state index in [0.717, 1.165) is 0 Å². The number of alkyl halides is 3. The van der Waals surface area contributed by atoms with Crippen LogP contribution in [0.3, 0.4) is 0 Å². The van der Waals surface area contributed by atoms with Crippen molar-refractivity contribution >= 4 is 29.4 Å². The predicted molar refractivity (Wildman–Crippen MR) is 113 cm³/mol. The van der Waals surface area contributed by atoms with Crippen LogP contribution in [0.4, 0.5) is 19.1 Å². The van der Waals surface area contributed by atoms with Gasteiger partial charge in [0.25, 0.3) is 0 Å². The normalized spacial score (nSPS) is 22.4. The second-order valence-electron chi connectivity index (χ2n) is 7.62. The Morgan fingerprint density at radius 3 is 2.56 bits per heavy atom. The Kier molecular flexibility index (Phi) is 9.24. The molecular formula is C19H26ClF3N6O5. The average Bonchev–Trinajstić information content (AvgIpc) is 2.80. The van der Waals surface area contributed by atoms with Gasteiger partial charge in [-0.2, -0.15) is 13.2 Å². The first kappa shape index (κ1) is 26.3. The summed E-state index contributed by atoms with van der Waals surface area (Å²) in [5.41, 5.74) is 4.31. The number of methoxy groups -OCH3 is 1. The molecule has 2 saturated heterocycles. The van der Waals surface area contributed by atoms with Gasteiger partial charge in [-0.3, -0.25) is 15.0 Å². The first-order valence-electron chi connectivity index (χ1n) is 10.5. The van der Waals surface area contributed by atoms with Gasteiger partial charge >= 0.3 is 6.18 Å². The number of hydrogen-bond donors (Lipinski definition) is 2. The molecule has 1 aromatic rings. The topological polar surface area (TPSA) is 118 Å². The number of ether oxygens (including phenoxy) is 3. The molecule has 3 rings (SSSR count). The standard InChI is InChI=1S/C19H26ClF3N6O5/c1-32-15(34-13-10-26-27-17(31)16(13)19(21,22)23)11-33-7-2-14(30)28-3-5-29(6-4-28)18-24-8-12(20)9-25-18/h8-9,13,15-16,26H,2-7,10-11H2,1H3,(H,27,31)/t13?,15-,16?/m1/s1. The largest absolute Gasteiger partial charge is 0.403 e. The number of anilines is 1. The number of amides is 2. The Labute approximate surface area is 198 Å². The number of rotatable bonds is 9. The van der Waals surface area contributed by atoms with Crippen LogP contribution in [-0.4, -0.2) is 98.3 Å². The first-order valence-corrected chi connectivity index (χ1v) is 10.9. The molecule has 2 amide bonds. The van der Waals surface area contributed by atoms with Gasteiger partial charge in [0, 0.05) is 39.8 Å². The van der Waals surface area contributed by atoms with E-state index in [-0.39, 0.29) is 32.1 Å². The minimum atomic E-state index is -4.77. The molecule has 2 N–H and O–H groups in total. The van der Waals surface area contributed by atoms with E-state index in [4.69, 9.17) is 25.8 Å². The van der Waals surface area contributed by atoms with Gasteiger partial charge < -0.3 is 24.0 Å². The van der Waals surface area contributed by atoms with Crippen LogP contribution < -0.4 is 15.8 Å². The number of halogens is 4. The molecule has 0 saturated carbocycles. The Morgan fingerprint density at radius 1 is 1.26 bits per heavy atom. The fourth-order valence-corrected chi connectivity index (χ4v) is 3.67. The molecule has 0 aromatic carbocycles. The number of nitrogens with zero attached hydrogens (tertiary/aromatic N) is 4. The molecule has 3 atom stereocenters. The molecule has 3 heterocycles. The third kappa shape index (κ3) is 7.12. The van der Waals surface area contributed by atoms with Gasteiger partial charge in [0.2, 0.25) is 17.8 Å². The molecule has 11 nitrogen and oxygen atoms in total. The zero-order chi connectivity index (χ0) is 24.7. The van der Waals surface area contributed by atoms with Gasteiger partial charge in [0.1, 0.15) is 0 Å². The lowest BCUT2D eigenvalue weighted by Crippen LogP contribution is -2.61. The van der Waals surface area contributed by atoms with Gasteiger partial charge in [-0.05, 0) is 0 Å². The van der Waals surface area contributed by atoms with Crippen LogP contribution >= 0.6 is 11.6 Å². The van der Waals surface area contributed by atoms with Crippen molar-refractivity contribution in [3.05, 3.63) is 17.4 Å². The molecule has 0 spiro atoms. The van der Waals surface area contributed by atoms with Gasteiger partial charge in [-0.15, -0.1) is 0 Å². The van der Waals surface area contributed by atoms with Crippen molar-refractivity contribution in [1.82, 2.24) is 25.7 Å². The predicted octanol–water partition coefficient (Wildman–Crippen LogP) is 0.356. The van der Waals surface area contributed by atoms with Crippen LogP contribution in [-0.2, 0) is 23.8 Å². The van der Waals surface area contributed by atoms with E-state index in [2.05, 4.69) is 15.4 Å². The Balaban J connectivity index is 1.38. The van der Waals surface area contributed by atoms with Crippen molar-refractivity contribution in [3.63, 3.8) is 0 Å². The number of hydrogen-bond acceptors (Lipinski definition) is 9. The molecule has 2 aliphatic heterocycles. The molecule has 1 aromatic heterocycles. The molecule has 2 unspecified atom stereocenters. The summed E-state index contributed by atoms with van der Waals surface area (Å²) >= 11 is 5.80. The van der Waals surface area contributed by atoms with E-state index < -0.39 is 30.4 Å². The first-order chi connectivity index (χ1) is 16.2. The second kappa shape index (κ2) is 11.9. The van der Waals surface area contributed by atoms with E-state index >= 15 is 0 Å². The third-order valence-corrected chi connectivity index (χ3v) is 5.54. The highest BCUT2D eigenvalue weighted by Gasteiger charge is 2.52. The fourth-order valence-electron chi connectivity index (χ4n) is 3.57. The van der Waals surface area contributed by atoms with Crippen molar-refractivity contribution in [2.24, 2.45) is 5.92 Å². The molecule has 2 aliphatic rings. The van der Waals surface area contributed by atoms with E-state index in [1.54, 1.807) is 4.90 Å². The molecular weight excluding hydrogens is 485 g/mol. The number of carbonyl (C=O) groups is 2. The highest BCUT2D eigenvalue weighted by Crippen LogP contribution is 2.32. The summed E-state index contributed by atoms with van der Waals surface area (Å²) in [7, 11) is 1.25. The summed E-state index contributed by atoms with van der Waals surface area (Å²) in [6.45, 7) is 1.70. The van der Waals surface area contributed by atoms with Gasteiger partial charge in [-0.25, -0.2) is 15.4 Å². The minimum absolute atomic E-state index is 0.0364. The maximum Gasteiger partial charge on any atom is 0.403 e. The maximum absolute atomic E-state index is 13.2.